The van der Waals surface area contributed by atoms with Crippen molar-refractivity contribution in [2.75, 3.05) is 26.5 Å². The number of rotatable bonds is 6. The van der Waals surface area contributed by atoms with Gasteiger partial charge < -0.3 is 14.4 Å². The number of sulfonamides is 1. The molecule has 0 radical (unpaired) electrons. The summed E-state index contributed by atoms with van der Waals surface area (Å²) in [6.45, 7) is 2.66. The number of hydrogen-bond donors (Lipinski definition) is 1. The molecule has 134 valence electrons. The second-order valence-electron chi connectivity index (χ2n) is 5.93. The minimum atomic E-state index is -3.40. The maximum atomic E-state index is 12.3. The lowest BCUT2D eigenvalue weighted by Gasteiger charge is -2.33. The third kappa shape index (κ3) is 5.38. The van der Waals surface area contributed by atoms with Crippen LogP contribution in [0.3, 0.4) is 0 Å². The van der Waals surface area contributed by atoms with Crippen molar-refractivity contribution in [3.05, 3.63) is 24.3 Å². The Hall–Kier alpha value is -1.80. The molecular formula is C16H24N2O5S. The van der Waals surface area contributed by atoms with Crippen molar-refractivity contribution in [3.8, 4) is 11.5 Å². The van der Waals surface area contributed by atoms with E-state index in [-0.39, 0.29) is 12.0 Å². The van der Waals surface area contributed by atoms with Crippen LogP contribution in [0.4, 0.5) is 0 Å². The fourth-order valence-corrected chi connectivity index (χ4v) is 3.43. The van der Waals surface area contributed by atoms with Crippen LogP contribution in [0, 0.1) is 0 Å². The molecule has 24 heavy (non-hydrogen) atoms. The van der Waals surface area contributed by atoms with Crippen molar-refractivity contribution in [1.29, 1.82) is 0 Å². The predicted octanol–water partition coefficient (Wildman–Crippen LogP) is 1.00. The highest BCUT2D eigenvalue weighted by molar-refractivity contribution is 7.88. The second-order valence-corrected chi connectivity index (χ2v) is 7.71. The molecule has 1 N–H and O–H groups in total. The van der Waals surface area contributed by atoms with E-state index in [2.05, 4.69) is 4.72 Å². The summed E-state index contributed by atoms with van der Waals surface area (Å²) < 4.78 is 35.8. The van der Waals surface area contributed by atoms with E-state index in [0.717, 1.165) is 17.8 Å². The number of piperidine rings is 1. The summed E-state index contributed by atoms with van der Waals surface area (Å²) in [4.78, 5) is 13.9. The Morgan fingerprint density at radius 2 is 1.75 bits per heavy atom. The van der Waals surface area contributed by atoms with Crippen LogP contribution in [0.1, 0.15) is 19.8 Å². The molecule has 7 nitrogen and oxygen atoms in total. The fourth-order valence-electron chi connectivity index (χ4n) is 2.69. The Kier molecular flexibility index (Phi) is 6.06. The van der Waals surface area contributed by atoms with E-state index in [9.17, 15) is 13.2 Å². The van der Waals surface area contributed by atoms with Gasteiger partial charge in [-0.25, -0.2) is 13.1 Å². The van der Waals surface area contributed by atoms with Gasteiger partial charge in [0.15, 0.2) is 0 Å². The molecule has 1 unspecified atom stereocenters. The molecule has 1 atom stereocenters. The van der Waals surface area contributed by atoms with Crippen LogP contribution in [-0.4, -0.2) is 57.8 Å². The van der Waals surface area contributed by atoms with Crippen molar-refractivity contribution >= 4 is 15.9 Å². The van der Waals surface area contributed by atoms with Crippen LogP contribution in [0.25, 0.3) is 0 Å². The number of amides is 1. The first-order chi connectivity index (χ1) is 11.3. The lowest BCUT2D eigenvalue weighted by atomic mass is 10.1. The third-order valence-corrected chi connectivity index (χ3v) is 4.66. The average molecular weight is 356 g/mol. The molecule has 1 aliphatic heterocycles. The van der Waals surface area contributed by atoms with Crippen LogP contribution in [-0.2, 0) is 14.8 Å². The molecule has 2 rings (SSSR count). The fraction of sp³-hybridized carbons (Fsp3) is 0.562. The van der Waals surface area contributed by atoms with Crippen LogP contribution in [0.15, 0.2) is 24.3 Å². The highest BCUT2D eigenvalue weighted by Crippen LogP contribution is 2.22. The van der Waals surface area contributed by atoms with E-state index in [4.69, 9.17) is 9.47 Å². The van der Waals surface area contributed by atoms with Crippen molar-refractivity contribution in [2.24, 2.45) is 0 Å². The summed E-state index contributed by atoms with van der Waals surface area (Å²) in [7, 11) is -1.78. The van der Waals surface area contributed by atoms with E-state index in [0.29, 0.717) is 25.9 Å². The van der Waals surface area contributed by atoms with Gasteiger partial charge in [0.05, 0.1) is 19.4 Å². The topological polar surface area (TPSA) is 84.9 Å². The first kappa shape index (κ1) is 18.5. The number of carbonyl (C=O) groups is 1. The molecule has 0 aliphatic carbocycles. The maximum Gasteiger partial charge on any atom is 0.240 e. The Balaban J connectivity index is 1.83. The zero-order chi connectivity index (χ0) is 17.7. The number of likely N-dealkylation sites (tertiary alicyclic amines) is 1. The standard InChI is InChI=1S/C16H24N2O5S/c1-12(17-24(3,20)21)16(19)18-10-8-15(9-11-18)23-14-6-4-13(22-2)5-7-14/h4-7,12,15,17H,8-11H2,1-3H3. The van der Waals surface area contributed by atoms with Crippen LogP contribution < -0.4 is 14.2 Å². The van der Waals surface area contributed by atoms with E-state index in [1.54, 1.807) is 18.9 Å². The Morgan fingerprint density at radius 3 is 2.25 bits per heavy atom. The quantitative estimate of drug-likeness (QED) is 0.822. The van der Waals surface area contributed by atoms with Gasteiger partial charge in [-0.3, -0.25) is 4.79 Å². The van der Waals surface area contributed by atoms with Crippen molar-refractivity contribution in [3.63, 3.8) is 0 Å². The van der Waals surface area contributed by atoms with Crippen LogP contribution >= 0.6 is 0 Å². The molecule has 0 bridgehead atoms. The largest absolute Gasteiger partial charge is 0.497 e. The zero-order valence-corrected chi connectivity index (χ0v) is 15.0. The number of carbonyl (C=O) groups excluding carboxylic acids is 1. The molecule has 1 saturated heterocycles. The van der Waals surface area contributed by atoms with E-state index >= 15 is 0 Å². The third-order valence-electron chi connectivity index (χ3n) is 3.88. The summed E-state index contributed by atoms with van der Waals surface area (Å²) in [5.74, 6) is 1.34. The molecular weight excluding hydrogens is 332 g/mol. The number of nitrogens with zero attached hydrogens (tertiary/aromatic N) is 1. The summed E-state index contributed by atoms with van der Waals surface area (Å²) in [6.07, 6.45) is 2.51. The average Bonchev–Trinajstić information content (AvgIpc) is 2.54. The van der Waals surface area contributed by atoms with Gasteiger partial charge in [0.1, 0.15) is 17.6 Å². The molecule has 0 aromatic heterocycles. The van der Waals surface area contributed by atoms with Gasteiger partial charge in [-0.05, 0) is 31.2 Å². The van der Waals surface area contributed by atoms with E-state index in [1.165, 1.54) is 0 Å². The number of nitrogens with one attached hydrogen (secondary N) is 1. The molecule has 1 amide bonds. The van der Waals surface area contributed by atoms with Gasteiger partial charge in [0, 0.05) is 25.9 Å². The Labute approximate surface area is 143 Å². The van der Waals surface area contributed by atoms with Gasteiger partial charge in [-0.15, -0.1) is 0 Å². The molecule has 1 fully saturated rings. The molecule has 1 aromatic rings. The summed E-state index contributed by atoms with van der Waals surface area (Å²) in [5, 5.41) is 0. The maximum absolute atomic E-state index is 12.3. The highest BCUT2D eigenvalue weighted by atomic mass is 32.2. The van der Waals surface area contributed by atoms with E-state index < -0.39 is 16.1 Å². The minimum Gasteiger partial charge on any atom is -0.497 e. The Morgan fingerprint density at radius 1 is 1.21 bits per heavy atom. The first-order valence-electron chi connectivity index (χ1n) is 7.85. The number of benzene rings is 1. The lowest BCUT2D eigenvalue weighted by molar-refractivity contribution is -0.134. The number of methoxy groups -OCH3 is 1. The van der Waals surface area contributed by atoms with E-state index in [1.807, 2.05) is 24.3 Å². The van der Waals surface area contributed by atoms with Crippen LogP contribution in [0.5, 0.6) is 11.5 Å². The minimum absolute atomic E-state index is 0.0422. The van der Waals surface area contributed by atoms with Gasteiger partial charge >= 0.3 is 0 Å². The highest BCUT2D eigenvalue weighted by Gasteiger charge is 2.28. The van der Waals surface area contributed by atoms with Gasteiger partial charge in [-0.1, -0.05) is 0 Å². The van der Waals surface area contributed by atoms with Crippen molar-refractivity contribution in [1.82, 2.24) is 9.62 Å². The summed E-state index contributed by atoms with van der Waals surface area (Å²) in [5.41, 5.74) is 0. The monoisotopic (exact) mass is 356 g/mol. The van der Waals surface area contributed by atoms with Crippen LogP contribution in [0.2, 0.25) is 0 Å². The lowest BCUT2D eigenvalue weighted by Crippen LogP contribution is -2.50. The number of ether oxygens (including phenoxy) is 2. The number of hydrogen-bond acceptors (Lipinski definition) is 5. The first-order valence-corrected chi connectivity index (χ1v) is 9.74. The Bertz CT molecular complexity index is 652. The second kappa shape index (κ2) is 7.85. The van der Waals surface area contributed by atoms with Gasteiger partial charge in [0.2, 0.25) is 15.9 Å². The summed E-state index contributed by atoms with van der Waals surface area (Å²) in [6, 6.07) is 6.64. The van der Waals surface area contributed by atoms with Gasteiger partial charge in [-0.2, -0.15) is 0 Å². The van der Waals surface area contributed by atoms with Gasteiger partial charge in [0.25, 0.3) is 0 Å². The molecule has 8 heteroatoms. The SMILES string of the molecule is COc1ccc(OC2CCN(C(=O)C(C)NS(C)(=O)=O)CC2)cc1. The summed E-state index contributed by atoms with van der Waals surface area (Å²) >= 11 is 0. The molecule has 1 aliphatic rings. The predicted molar refractivity (Wildman–Crippen MR) is 90.7 cm³/mol. The molecule has 1 aromatic carbocycles. The smallest absolute Gasteiger partial charge is 0.240 e. The normalized spacial score (nSPS) is 17.4. The van der Waals surface area contributed by atoms with Crippen molar-refractivity contribution in [2.45, 2.75) is 31.9 Å². The van der Waals surface area contributed by atoms with Crippen molar-refractivity contribution < 1.29 is 22.7 Å². The molecule has 0 saturated carbocycles. The zero-order valence-electron chi connectivity index (χ0n) is 14.2. The molecule has 0 spiro atoms. The molecule has 1 heterocycles.